The molecule has 0 aliphatic heterocycles. The minimum Gasteiger partial charge on any atom is -0.851 e. The van der Waals surface area contributed by atoms with E-state index in [1.54, 1.807) is 0 Å². The first-order chi connectivity index (χ1) is 5.81. The maximum absolute atomic E-state index is 11.0. The third kappa shape index (κ3) is 13.5. The summed E-state index contributed by atoms with van der Waals surface area (Å²) in [4.78, 5) is 0. The third-order valence-corrected chi connectivity index (χ3v) is 1.82. The molecule has 3 N–H and O–H groups in total. The van der Waals surface area contributed by atoms with Crippen LogP contribution in [0.1, 0.15) is 32.6 Å². The van der Waals surface area contributed by atoms with Gasteiger partial charge in [-0.2, -0.15) is 0 Å². The molecule has 4 heteroatoms. The fraction of sp³-hybridized carbons (Fsp3) is 1.00. The van der Waals surface area contributed by atoms with E-state index in [1.807, 2.05) is 0 Å². The van der Waals surface area contributed by atoms with Gasteiger partial charge in [0.25, 0.3) is 0 Å². The molecule has 0 aromatic rings. The normalized spacial score (nSPS) is 12.2. The van der Waals surface area contributed by atoms with Crippen LogP contribution in [0.4, 0.5) is 0 Å². The summed E-state index contributed by atoms with van der Waals surface area (Å²) in [5, 5.41) is 14.2. The molecule has 0 radical (unpaired) electrons. The summed E-state index contributed by atoms with van der Waals surface area (Å²) in [6, 6.07) is 0. The number of unbranched alkanes of at least 4 members (excludes halogenated alkanes) is 2. The van der Waals surface area contributed by atoms with Gasteiger partial charge in [-0.3, -0.25) is 0 Å². The molecule has 0 bridgehead atoms. The van der Waals surface area contributed by atoms with Crippen LogP contribution in [-0.4, -0.2) is 25.7 Å². The van der Waals surface area contributed by atoms with Gasteiger partial charge >= 0.3 is 51.4 Å². The number of hydrogen-bond acceptors (Lipinski definition) is 3. The van der Waals surface area contributed by atoms with Gasteiger partial charge in [-0.25, -0.2) is 0 Å². The summed E-state index contributed by atoms with van der Waals surface area (Å²) in [6.07, 6.45) is 3.71. The van der Waals surface area contributed by atoms with E-state index in [-0.39, 0.29) is 51.4 Å². The molecule has 0 spiro atoms. The molecule has 0 aliphatic rings. The van der Waals surface area contributed by atoms with Gasteiger partial charge in [0.05, 0.1) is 0 Å². The largest absolute Gasteiger partial charge is 1.00 e. The Morgan fingerprint density at radius 1 is 1.38 bits per heavy atom. The maximum Gasteiger partial charge on any atom is 1.00 e. The average Bonchev–Trinajstić information content (AvgIpc) is 2.05. The van der Waals surface area contributed by atoms with Gasteiger partial charge in [-0.1, -0.05) is 26.2 Å². The molecule has 0 fully saturated rings. The van der Waals surface area contributed by atoms with Crippen molar-refractivity contribution in [3.63, 3.8) is 0 Å². The van der Waals surface area contributed by atoms with Crippen molar-refractivity contribution in [2.75, 3.05) is 19.6 Å². The summed E-state index contributed by atoms with van der Waals surface area (Å²) in [5.41, 5.74) is 5.25. The van der Waals surface area contributed by atoms with Crippen molar-refractivity contribution in [1.29, 1.82) is 0 Å². The Bertz CT molecular complexity index is 93.7. The topological polar surface area (TPSA) is 61.1 Å². The molecule has 13 heavy (non-hydrogen) atoms. The average molecular weight is 212 g/mol. The monoisotopic (exact) mass is 212 g/mol. The zero-order chi connectivity index (χ0) is 9.23. The molecular formula is C9H21KN2O. The zero-order valence-electron chi connectivity index (χ0n) is 9.01. The summed E-state index contributed by atoms with van der Waals surface area (Å²) in [6.45, 7) is 4.22. The first-order valence-corrected chi connectivity index (χ1v) is 4.87. The zero-order valence-corrected chi connectivity index (χ0v) is 12.1. The summed E-state index contributed by atoms with van der Waals surface area (Å²) in [7, 11) is 0. The summed E-state index contributed by atoms with van der Waals surface area (Å²) >= 11 is 0. The van der Waals surface area contributed by atoms with Crippen LogP contribution in [0.5, 0.6) is 0 Å². The van der Waals surface area contributed by atoms with E-state index in [1.165, 1.54) is 19.3 Å². The Hall–Kier alpha value is 1.52. The maximum atomic E-state index is 11.0. The molecule has 0 aromatic heterocycles. The molecule has 0 aromatic carbocycles. The molecule has 3 nitrogen and oxygen atoms in total. The fourth-order valence-electron chi connectivity index (χ4n) is 1.05. The molecule has 0 rings (SSSR count). The Morgan fingerprint density at radius 3 is 2.62 bits per heavy atom. The molecular weight excluding hydrogens is 191 g/mol. The van der Waals surface area contributed by atoms with Crippen LogP contribution in [0, 0.1) is 0 Å². The molecule has 74 valence electrons. The molecule has 0 unspecified atom stereocenters. The first kappa shape index (κ1) is 16.9. The minimum absolute atomic E-state index is 0. The van der Waals surface area contributed by atoms with Crippen molar-refractivity contribution in [3.05, 3.63) is 0 Å². The van der Waals surface area contributed by atoms with Gasteiger partial charge < -0.3 is 16.2 Å². The van der Waals surface area contributed by atoms with E-state index in [2.05, 4.69) is 12.2 Å². The Morgan fingerprint density at radius 2 is 2.08 bits per heavy atom. The van der Waals surface area contributed by atoms with Gasteiger partial charge in [0.1, 0.15) is 0 Å². The Balaban J connectivity index is 0. The van der Waals surface area contributed by atoms with E-state index in [4.69, 9.17) is 5.73 Å². The standard InChI is InChI=1S/C9H21N2O.K/c1-2-3-4-7-11-8-9(12)5-6-10;/h9,11H,2-8,10H2,1H3;/q-1;+1/t9-;/m0./s1. The van der Waals surface area contributed by atoms with E-state index < -0.39 is 6.10 Å². The predicted octanol–water partition coefficient (Wildman–Crippen LogP) is -3.15. The Labute approximate surface area is 124 Å². The van der Waals surface area contributed by atoms with Gasteiger partial charge in [-0.05, 0) is 26.1 Å². The van der Waals surface area contributed by atoms with Crippen molar-refractivity contribution >= 4 is 0 Å². The quantitative estimate of drug-likeness (QED) is 0.330. The molecule has 0 amide bonds. The van der Waals surface area contributed by atoms with Crippen LogP contribution in [0.3, 0.4) is 0 Å². The molecule has 0 heterocycles. The van der Waals surface area contributed by atoms with Crippen LogP contribution in [-0.2, 0) is 0 Å². The van der Waals surface area contributed by atoms with Crippen molar-refractivity contribution in [3.8, 4) is 0 Å². The van der Waals surface area contributed by atoms with E-state index >= 15 is 0 Å². The second kappa shape index (κ2) is 13.5. The van der Waals surface area contributed by atoms with Crippen LogP contribution in [0.25, 0.3) is 0 Å². The second-order valence-corrected chi connectivity index (χ2v) is 3.11. The second-order valence-electron chi connectivity index (χ2n) is 3.11. The Kier molecular flexibility index (Phi) is 17.6. The molecule has 0 aliphatic carbocycles. The van der Waals surface area contributed by atoms with Gasteiger partial charge in [-0.15, -0.1) is 6.10 Å². The predicted molar refractivity (Wildman–Crippen MR) is 49.9 cm³/mol. The van der Waals surface area contributed by atoms with E-state index in [9.17, 15) is 5.11 Å². The van der Waals surface area contributed by atoms with E-state index in [0.717, 1.165) is 6.54 Å². The van der Waals surface area contributed by atoms with E-state index in [0.29, 0.717) is 19.5 Å². The van der Waals surface area contributed by atoms with Crippen molar-refractivity contribution in [2.45, 2.75) is 38.7 Å². The number of rotatable bonds is 8. The van der Waals surface area contributed by atoms with Crippen molar-refractivity contribution in [1.82, 2.24) is 5.32 Å². The van der Waals surface area contributed by atoms with Crippen LogP contribution < -0.4 is 67.5 Å². The van der Waals surface area contributed by atoms with Gasteiger partial charge in [0.15, 0.2) is 0 Å². The van der Waals surface area contributed by atoms with Crippen LogP contribution in [0.2, 0.25) is 0 Å². The van der Waals surface area contributed by atoms with Crippen LogP contribution in [0.15, 0.2) is 0 Å². The molecule has 1 atom stereocenters. The van der Waals surface area contributed by atoms with Gasteiger partial charge in [0.2, 0.25) is 0 Å². The summed E-state index contributed by atoms with van der Waals surface area (Å²) in [5.74, 6) is 0. The number of nitrogens with two attached hydrogens (primary N) is 1. The summed E-state index contributed by atoms with van der Waals surface area (Å²) < 4.78 is 0. The minimum atomic E-state index is -0.517. The van der Waals surface area contributed by atoms with Crippen molar-refractivity contribution < 1.29 is 56.5 Å². The number of nitrogens with one attached hydrogen (secondary N) is 1. The molecule has 0 saturated heterocycles. The first-order valence-electron chi connectivity index (χ1n) is 4.87. The fourth-order valence-corrected chi connectivity index (χ4v) is 1.05. The smallest absolute Gasteiger partial charge is 0.851 e. The SMILES string of the molecule is CCCCCNC[C@@H]([O-])CCN.[K+]. The number of hydrogen-bond donors (Lipinski definition) is 2. The van der Waals surface area contributed by atoms with Crippen LogP contribution >= 0.6 is 0 Å². The third-order valence-electron chi connectivity index (χ3n) is 1.82. The molecule has 0 saturated carbocycles. The van der Waals surface area contributed by atoms with Gasteiger partial charge in [0, 0.05) is 0 Å². The van der Waals surface area contributed by atoms with Crippen molar-refractivity contribution in [2.24, 2.45) is 5.73 Å².